The highest BCUT2D eigenvalue weighted by Crippen LogP contribution is 2.15. The molecule has 7 heteroatoms. The lowest BCUT2D eigenvalue weighted by Crippen LogP contribution is -2.24. The Morgan fingerprint density at radius 1 is 1.18 bits per heavy atom. The molecule has 0 bridgehead atoms. The van der Waals surface area contributed by atoms with Crippen molar-refractivity contribution in [3.8, 4) is 0 Å². The van der Waals surface area contributed by atoms with Gasteiger partial charge in [0.2, 0.25) is 5.91 Å². The van der Waals surface area contributed by atoms with Crippen molar-refractivity contribution in [2.75, 3.05) is 11.9 Å². The first-order valence-corrected chi connectivity index (χ1v) is 7.51. The number of amides is 2. The van der Waals surface area contributed by atoms with Gasteiger partial charge in [0.1, 0.15) is 11.6 Å². The van der Waals surface area contributed by atoms with Gasteiger partial charge in [0.25, 0.3) is 5.91 Å². The number of hydrogen-bond acceptors (Lipinski definition) is 3. The first kappa shape index (κ1) is 16.1. The maximum atomic E-state index is 13.3. The van der Waals surface area contributed by atoms with E-state index in [0.717, 1.165) is 18.2 Å². The smallest absolute Gasteiger partial charge is 0.261 e. The SMILES string of the molecule is O=C(CCCNC(=O)c1cccs1)Nc1cc(F)ccc1F. The average molecular weight is 324 g/mol. The lowest BCUT2D eigenvalue weighted by atomic mass is 10.2. The summed E-state index contributed by atoms with van der Waals surface area (Å²) in [7, 11) is 0. The molecule has 0 aliphatic heterocycles. The lowest BCUT2D eigenvalue weighted by Gasteiger charge is -2.07. The van der Waals surface area contributed by atoms with Crippen LogP contribution in [0.1, 0.15) is 22.5 Å². The van der Waals surface area contributed by atoms with Crippen LogP contribution in [-0.2, 0) is 4.79 Å². The molecule has 1 aromatic heterocycles. The van der Waals surface area contributed by atoms with E-state index in [4.69, 9.17) is 0 Å². The Labute approximate surface area is 130 Å². The molecule has 4 nitrogen and oxygen atoms in total. The molecule has 2 rings (SSSR count). The van der Waals surface area contributed by atoms with E-state index in [-0.39, 0.29) is 18.0 Å². The van der Waals surface area contributed by atoms with Crippen LogP contribution < -0.4 is 10.6 Å². The summed E-state index contributed by atoms with van der Waals surface area (Å²) in [5.41, 5.74) is -0.187. The lowest BCUT2D eigenvalue weighted by molar-refractivity contribution is -0.116. The molecule has 116 valence electrons. The summed E-state index contributed by atoms with van der Waals surface area (Å²) in [6.07, 6.45) is 0.501. The van der Waals surface area contributed by atoms with Gasteiger partial charge in [-0.1, -0.05) is 6.07 Å². The van der Waals surface area contributed by atoms with Crippen molar-refractivity contribution in [3.05, 3.63) is 52.2 Å². The molecule has 0 aliphatic carbocycles. The summed E-state index contributed by atoms with van der Waals surface area (Å²) in [4.78, 5) is 23.9. The minimum Gasteiger partial charge on any atom is -0.351 e. The van der Waals surface area contributed by atoms with Crippen molar-refractivity contribution in [2.24, 2.45) is 0 Å². The molecular weight excluding hydrogens is 310 g/mol. The van der Waals surface area contributed by atoms with Gasteiger partial charge >= 0.3 is 0 Å². The second-order valence-electron chi connectivity index (χ2n) is 4.51. The van der Waals surface area contributed by atoms with Crippen molar-refractivity contribution in [2.45, 2.75) is 12.8 Å². The molecule has 1 heterocycles. The highest BCUT2D eigenvalue weighted by Gasteiger charge is 2.09. The van der Waals surface area contributed by atoms with E-state index in [2.05, 4.69) is 10.6 Å². The molecule has 0 fully saturated rings. The minimum atomic E-state index is -0.694. The highest BCUT2D eigenvalue weighted by atomic mass is 32.1. The van der Waals surface area contributed by atoms with Crippen LogP contribution in [0.2, 0.25) is 0 Å². The highest BCUT2D eigenvalue weighted by molar-refractivity contribution is 7.12. The largest absolute Gasteiger partial charge is 0.351 e. The van der Waals surface area contributed by atoms with Crippen LogP contribution in [0.25, 0.3) is 0 Å². The molecule has 0 radical (unpaired) electrons. The summed E-state index contributed by atoms with van der Waals surface area (Å²) in [6, 6.07) is 6.34. The van der Waals surface area contributed by atoms with Crippen molar-refractivity contribution < 1.29 is 18.4 Å². The van der Waals surface area contributed by atoms with Gasteiger partial charge in [-0.25, -0.2) is 8.78 Å². The van der Waals surface area contributed by atoms with E-state index in [1.54, 1.807) is 17.5 Å². The fraction of sp³-hybridized carbons (Fsp3) is 0.200. The van der Waals surface area contributed by atoms with E-state index in [1.165, 1.54) is 11.3 Å². The predicted octanol–water partition coefficient (Wildman–Crippen LogP) is 3.18. The van der Waals surface area contributed by atoms with Gasteiger partial charge < -0.3 is 10.6 Å². The standard InChI is InChI=1S/C15H14F2N2O2S/c16-10-5-6-11(17)12(9-10)19-14(20)4-1-7-18-15(21)13-3-2-8-22-13/h2-3,5-6,8-9H,1,4,7H2,(H,18,21)(H,19,20). The van der Waals surface area contributed by atoms with Gasteiger partial charge in [-0.3, -0.25) is 9.59 Å². The van der Waals surface area contributed by atoms with Gasteiger partial charge in [-0.15, -0.1) is 11.3 Å². The Kier molecular flexibility index (Phi) is 5.60. The molecule has 22 heavy (non-hydrogen) atoms. The fourth-order valence-electron chi connectivity index (χ4n) is 1.75. The van der Waals surface area contributed by atoms with Crippen molar-refractivity contribution in [3.63, 3.8) is 0 Å². The topological polar surface area (TPSA) is 58.2 Å². The van der Waals surface area contributed by atoms with Gasteiger partial charge in [0.15, 0.2) is 0 Å². The third-order valence-electron chi connectivity index (χ3n) is 2.81. The number of anilines is 1. The van der Waals surface area contributed by atoms with E-state index in [1.807, 2.05) is 0 Å². The van der Waals surface area contributed by atoms with Gasteiger partial charge in [0.05, 0.1) is 10.6 Å². The monoisotopic (exact) mass is 324 g/mol. The number of carbonyl (C=O) groups excluding carboxylic acids is 2. The van der Waals surface area contributed by atoms with Gasteiger partial charge in [-0.2, -0.15) is 0 Å². The molecule has 0 saturated carbocycles. The zero-order valence-corrected chi connectivity index (χ0v) is 12.4. The van der Waals surface area contributed by atoms with Crippen LogP contribution in [-0.4, -0.2) is 18.4 Å². The van der Waals surface area contributed by atoms with Crippen LogP contribution in [0.5, 0.6) is 0 Å². The second-order valence-corrected chi connectivity index (χ2v) is 5.46. The van der Waals surface area contributed by atoms with Crippen molar-refractivity contribution >= 4 is 28.8 Å². The van der Waals surface area contributed by atoms with Crippen molar-refractivity contribution in [1.29, 1.82) is 0 Å². The third-order valence-corrected chi connectivity index (χ3v) is 3.68. The minimum absolute atomic E-state index is 0.0979. The summed E-state index contributed by atoms with van der Waals surface area (Å²) >= 11 is 1.33. The van der Waals surface area contributed by atoms with Gasteiger partial charge in [0, 0.05) is 19.0 Å². The van der Waals surface area contributed by atoms with E-state index < -0.39 is 17.5 Å². The predicted molar refractivity (Wildman–Crippen MR) is 80.9 cm³/mol. The molecule has 0 saturated heterocycles. The first-order valence-electron chi connectivity index (χ1n) is 6.63. The molecule has 0 spiro atoms. The maximum Gasteiger partial charge on any atom is 0.261 e. The number of hydrogen-bond donors (Lipinski definition) is 2. The molecule has 0 unspecified atom stereocenters. The average Bonchev–Trinajstić information content (AvgIpc) is 3.01. The summed E-state index contributed by atoms with van der Waals surface area (Å²) in [5, 5.41) is 6.79. The van der Waals surface area contributed by atoms with Crippen LogP contribution >= 0.6 is 11.3 Å². The second kappa shape index (κ2) is 7.65. The summed E-state index contributed by atoms with van der Waals surface area (Å²) in [5.74, 6) is -1.94. The number of rotatable bonds is 6. The molecule has 0 atom stereocenters. The van der Waals surface area contributed by atoms with Crippen LogP contribution in [0.4, 0.5) is 14.5 Å². The van der Waals surface area contributed by atoms with Gasteiger partial charge in [-0.05, 0) is 30.0 Å². The Morgan fingerprint density at radius 2 is 2.00 bits per heavy atom. The molecule has 2 N–H and O–H groups in total. The number of nitrogens with one attached hydrogen (secondary N) is 2. The Morgan fingerprint density at radius 3 is 2.73 bits per heavy atom. The normalized spacial score (nSPS) is 10.3. The fourth-order valence-corrected chi connectivity index (χ4v) is 2.39. The number of benzene rings is 1. The number of halogens is 2. The maximum absolute atomic E-state index is 13.3. The quantitative estimate of drug-likeness (QED) is 0.802. The molecule has 0 aliphatic rings. The number of carbonyl (C=O) groups is 2. The Bertz CT molecular complexity index is 660. The van der Waals surface area contributed by atoms with Crippen LogP contribution in [0.15, 0.2) is 35.7 Å². The van der Waals surface area contributed by atoms with Crippen LogP contribution in [0, 0.1) is 11.6 Å². The van der Waals surface area contributed by atoms with Crippen LogP contribution in [0.3, 0.4) is 0 Å². The van der Waals surface area contributed by atoms with Crippen molar-refractivity contribution in [1.82, 2.24) is 5.32 Å². The number of thiophene rings is 1. The Balaban J connectivity index is 1.72. The first-order chi connectivity index (χ1) is 10.6. The zero-order valence-electron chi connectivity index (χ0n) is 11.6. The van der Waals surface area contributed by atoms with E-state index >= 15 is 0 Å². The Hall–Kier alpha value is -2.28. The molecule has 1 aromatic carbocycles. The third kappa shape index (κ3) is 4.63. The molecule has 2 amide bonds. The molecule has 2 aromatic rings. The molecular formula is C15H14F2N2O2S. The zero-order chi connectivity index (χ0) is 15.9. The van der Waals surface area contributed by atoms with E-state index in [9.17, 15) is 18.4 Å². The van der Waals surface area contributed by atoms with E-state index in [0.29, 0.717) is 17.8 Å². The summed E-state index contributed by atoms with van der Waals surface area (Å²) in [6.45, 7) is 0.329. The summed E-state index contributed by atoms with van der Waals surface area (Å²) < 4.78 is 26.3.